The number of aromatic nitrogens is 1. The molecule has 0 radical (unpaired) electrons. The molecule has 1 amide bonds. The molecular weight excluding hydrogens is 524 g/mol. The summed E-state index contributed by atoms with van der Waals surface area (Å²) in [5, 5.41) is 1.04. The Bertz CT molecular complexity index is 1340. The van der Waals surface area contributed by atoms with E-state index >= 15 is 0 Å². The van der Waals surface area contributed by atoms with Crippen LogP contribution in [0.2, 0.25) is 5.02 Å². The van der Waals surface area contributed by atoms with Crippen LogP contribution in [0.3, 0.4) is 0 Å². The zero-order valence-electron chi connectivity index (χ0n) is 23.4. The number of amides is 1. The van der Waals surface area contributed by atoms with Crippen LogP contribution in [0.1, 0.15) is 38.4 Å². The molecule has 0 aliphatic heterocycles. The molecule has 210 valence electrons. The molecule has 1 heterocycles. The van der Waals surface area contributed by atoms with Crippen LogP contribution in [0.25, 0.3) is 22.0 Å². The zero-order chi connectivity index (χ0) is 28.7. The Morgan fingerprint density at radius 2 is 1.79 bits per heavy atom. The molecule has 0 unspecified atom stereocenters. The Labute approximate surface area is 233 Å². The van der Waals surface area contributed by atoms with Crippen molar-refractivity contribution in [3.8, 4) is 22.6 Å². The number of carbonyl (C=O) groups excluding carboxylic acids is 2. The number of halogens is 1. The predicted octanol–water partition coefficient (Wildman–Crippen LogP) is 6.93. The first-order valence-corrected chi connectivity index (χ1v) is 12.9. The highest BCUT2D eigenvalue weighted by molar-refractivity contribution is 6.33. The van der Waals surface area contributed by atoms with E-state index in [1.807, 2.05) is 38.1 Å². The molecule has 9 nitrogen and oxygen atoms in total. The molecular formula is C29H35ClN2O7. The van der Waals surface area contributed by atoms with E-state index in [1.165, 1.54) is 12.0 Å². The molecule has 3 rings (SSSR count). The maximum Gasteiger partial charge on any atom is 0.511 e. The van der Waals surface area contributed by atoms with Gasteiger partial charge in [-0.2, -0.15) is 0 Å². The lowest BCUT2D eigenvalue weighted by Gasteiger charge is -2.24. The molecule has 39 heavy (non-hydrogen) atoms. The maximum atomic E-state index is 12.2. The third-order valence-electron chi connectivity index (χ3n) is 5.75. The summed E-state index contributed by atoms with van der Waals surface area (Å²) in [6.45, 7) is 9.30. The van der Waals surface area contributed by atoms with Crippen LogP contribution in [0.5, 0.6) is 11.5 Å². The van der Waals surface area contributed by atoms with E-state index < -0.39 is 24.6 Å². The summed E-state index contributed by atoms with van der Waals surface area (Å²) < 4.78 is 27.0. The van der Waals surface area contributed by atoms with Crippen molar-refractivity contribution in [2.24, 2.45) is 0 Å². The second-order valence-corrected chi connectivity index (χ2v) is 10.4. The highest BCUT2D eigenvalue weighted by Gasteiger charge is 2.21. The van der Waals surface area contributed by atoms with E-state index in [0.717, 1.165) is 22.4 Å². The minimum Gasteiger partial charge on any atom is -0.495 e. The average molecular weight is 559 g/mol. The molecule has 0 saturated heterocycles. The van der Waals surface area contributed by atoms with Gasteiger partial charge in [0.05, 0.1) is 24.3 Å². The molecule has 0 atom stereocenters. The van der Waals surface area contributed by atoms with Crippen molar-refractivity contribution in [1.82, 2.24) is 9.88 Å². The molecule has 1 aromatic heterocycles. The van der Waals surface area contributed by atoms with Gasteiger partial charge in [0.25, 0.3) is 0 Å². The molecule has 3 aromatic rings. The fourth-order valence-corrected chi connectivity index (χ4v) is 4.14. The summed E-state index contributed by atoms with van der Waals surface area (Å²) >= 11 is 6.43. The van der Waals surface area contributed by atoms with Crippen molar-refractivity contribution in [2.45, 2.75) is 46.6 Å². The summed E-state index contributed by atoms with van der Waals surface area (Å²) in [7, 11) is 3.16. The monoisotopic (exact) mass is 558 g/mol. The highest BCUT2D eigenvalue weighted by Crippen LogP contribution is 2.42. The summed E-state index contributed by atoms with van der Waals surface area (Å²) in [6.07, 6.45) is -0.917. The van der Waals surface area contributed by atoms with Crippen LogP contribution in [0.15, 0.2) is 36.4 Å². The number of hydrogen-bond acceptors (Lipinski definition) is 8. The molecule has 0 N–H and O–H groups in total. The lowest BCUT2D eigenvalue weighted by atomic mass is 9.96. The van der Waals surface area contributed by atoms with Crippen LogP contribution < -0.4 is 9.47 Å². The summed E-state index contributed by atoms with van der Waals surface area (Å²) in [4.78, 5) is 30.4. The third kappa shape index (κ3) is 7.89. The number of rotatable bonds is 9. The standard InChI is InChI=1S/C29H35ClN2O7/c1-18-11-8-9-12-20(18)25-19(2)31-23-16-24(35-7)22(30)15-21(23)26(25)37-17-38-28(34)36-14-10-13-32(6)27(33)39-29(3,4)5/h8-9,11-12,15-16H,10,13-14,17H2,1-7H3. The number of nitrogens with zero attached hydrogens (tertiary/aromatic N) is 2. The number of aryl methyl sites for hydroxylation is 2. The molecule has 0 bridgehead atoms. The summed E-state index contributed by atoms with van der Waals surface area (Å²) in [5.41, 5.74) is 3.50. The third-order valence-corrected chi connectivity index (χ3v) is 6.04. The number of benzene rings is 2. The zero-order valence-corrected chi connectivity index (χ0v) is 24.2. The molecule has 0 spiro atoms. The SMILES string of the molecule is COc1cc2nc(C)c(-c3ccccc3C)c(OCOC(=O)OCCCN(C)C(=O)OC(C)(C)C)c2cc1Cl. The van der Waals surface area contributed by atoms with Crippen molar-refractivity contribution in [3.63, 3.8) is 0 Å². The van der Waals surface area contributed by atoms with E-state index in [-0.39, 0.29) is 6.61 Å². The average Bonchev–Trinajstić information content (AvgIpc) is 2.86. The van der Waals surface area contributed by atoms with E-state index in [0.29, 0.717) is 40.4 Å². The minimum absolute atomic E-state index is 0.0626. The quantitative estimate of drug-likeness (QED) is 0.158. The van der Waals surface area contributed by atoms with Crippen molar-refractivity contribution >= 4 is 34.8 Å². The van der Waals surface area contributed by atoms with Crippen LogP contribution in [0, 0.1) is 13.8 Å². The van der Waals surface area contributed by atoms with Gasteiger partial charge in [0.2, 0.25) is 6.79 Å². The van der Waals surface area contributed by atoms with Crippen LogP contribution in [0.4, 0.5) is 9.59 Å². The van der Waals surface area contributed by atoms with Crippen LogP contribution in [-0.2, 0) is 14.2 Å². The molecule has 2 aromatic carbocycles. The predicted molar refractivity (Wildman–Crippen MR) is 150 cm³/mol. The van der Waals surface area contributed by atoms with Crippen LogP contribution >= 0.6 is 11.6 Å². The normalized spacial score (nSPS) is 11.2. The fraction of sp³-hybridized carbons (Fsp3) is 0.414. The van der Waals surface area contributed by atoms with Gasteiger partial charge < -0.3 is 28.6 Å². The van der Waals surface area contributed by atoms with E-state index in [2.05, 4.69) is 0 Å². The Kier molecular flexibility index (Phi) is 9.86. The Balaban J connectivity index is 1.69. The molecule has 0 aliphatic rings. The minimum atomic E-state index is -0.887. The highest BCUT2D eigenvalue weighted by atomic mass is 35.5. The Morgan fingerprint density at radius 3 is 2.46 bits per heavy atom. The molecule has 0 aliphatic carbocycles. The first-order chi connectivity index (χ1) is 18.4. The summed E-state index contributed by atoms with van der Waals surface area (Å²) in [6, 6.07) is 11.3. The molecule has 0 saturated carbocycles. The number of hydrogen-bond donors (Lipinski definition) is 0. The lowest BCUT2D eigenvalue weighted by Crippen LogP contribution is -2.35. The second kappa shape index (κ2) is 12.9. The van der Waals surface area contributed by atoms with Gasteiger partial charge in [-0.1, -0.05) is 35.9 Å². The number of carbonyl (C=O) groups is 2. The fourth-order valence-electron chi connectivity index (χ4n) is 3.90. The van der Waals surface area contributed by atoms with Crippen molar-refractivity contribution < 1.29 is 33.3 Å². The van der Waals surface area contributed by atoms with Gasteiger partial charge in [-0.15, -0.1) is 0 Å². The van der Waals surface area contributed by atoms with Crippen LogP contribution in [-0.4, -0.2) is 61.8 Å². The lowest BCUT2D eigenvalue weighted by molar-refractivity contribution is 0.00341. The first kappa shape index (κ1) is 29.8. The van der Waals surface area contributed by atoms with Gasteiger partial charge in [0.1, 0.15) is 17.1 Å². The molecule has 0 fully saturated rings. The number of fused-ring (bicyclic) bond motifs is 1. The van der Waals surface area contributed by atoms with Gasteiger partial charge in [0.15, 0.2) is 0 Å². The maximum absolute atomic E-state index is 12.2. The van der Waals surface area contributed by atoms with Gasteiger partial charge in [0, 0.05) is 36.3 Å². The van der Waals surface area contributed by atoms with Gasteiger partial charge in [-0.3, -0.25) is 4.98 Å². The number of ether oxygens (including phenoxy) is 5. The van der Waals surface area contributed by atoms with E-state index in [4.69, 9.17) is 40.3 Å². The number of methoxy groups -OCH3 is 1. The first-order valence-electron chi connectivity index (χ1n) is 12.5. The molecule has 10 heteroatoms. The van der Waals surface area contributed by atoms with Gasteiger partial charge in [-0.05, 0) is 58.2 Å². The second-order valence-electron chi connectivity index (χ2n) is 9.98. The Hall–Kier alpha value is -3.72. The Morgan fingerprint density at radius 1 is 1.08 bits per heavy atom. The number of pyridine rings is 1. The smallest absolute Gasteiger partial charge is 0.495 e. The van der Waals surface area contributed by atoms with Crippen molar-refractivity contribution in [3.05, 3.63) is 52.7 Å². The van der Waals surface area contributed by atoms with E-state index in [9.17, 15) is 9.59 Å². The summed E-state index contributed by atoms with van der Waals surface area (Å²) in [5.74, 6) is 0.964. The van der Waals surface area contributed by atoms with Crippen molar-refractivity contribution in [1.29, 1.82) is 0 Å². The van der Waals surface area contributed by atoms with E-state index in [1.54, 1.807) is 40.0 Å². The van der Waals surface area contributed by atoms with Crippen molar-refractivity contribution in [2.75, 3.05) is 34.1 Å². The largest absolute Gasteiger partial charge is 0.511 e. The van der Waals surface area contributed by atoms with Gasteiger partial charge >= 0.3 is 12.2 Å². The topological polar surface area (TPSA) is 96.4 Å². The van der Waals surface area contributed by atoms with Gasteiger partial charge in [-0.25, -0.2) is 9.59 Å².